The van der Waals surface area contributed by atoms with Crippen LogP contribution in [0.1, 0.15) is 11.3 Å². The predicted octanol–water partition coefficient (Wildman–Crippen LogP) is 3.45. The number of rotatable bonds is 6. The van der Waals surface area contributed by atoms with Crippen molar-refractivity contribution in [3.63, 3.8) is 0 Å². The van der Waals surface area contributed by atoms with E-state index in [1.165, 1.54) is 12.1 Å². The molecule has 1 aromatic carbocycles. The molecule has 0 bridgehead atoms. The molecule has 0 spiro atoms. The average Bonchev–Trinajstić information content (AvgIpc) is 3.07. The van der Waals surface area contributed by atoms with Gasteiger partial charge >= 0.3 is 0 Å². The Labute approximate surface area is 165 Å². The van der Waals surface area contributed by atoms with E-state index in [1.54, 1.807) is 37.5 Å². The van der Waals surface area contributed by atoms with Crippen molar-refractivity contribution in [3.05, 3.63) is 59.8 Å². The Hall–Kier alpha value is -3.72. The van der Waals surface area contributed by atoms with Crippen LogP contribution in [0.4, 0.5) is 21.8 Å². The van der Waals surface area contributed by atoms with Gasteiger partial charge in [0.05, 0.1) is 5.39 Å². The van der Waals surface area contributed by atoms with Crippen molar-refractivity contribution in [3.8, 4) is 11.5 Å². The van der Waals surface area contributed by atoms with Gasteiger partial charge in [-0.1, -0.05) is 0 Å². The standard InChI is InChI=1S/C20H19FN6O2/c1-11-8-17(27-20(22)25-11)26-13-2-3-15(14(21)9-13)29-16-4-6-23-19-18(16)12(5-7-28)10-24-19/h2-4,6,8-10,28H,5,7H2,1H3,(H,23,24)(H3,22,25,26,27). The average molecular weight is 394 g/mol. The van der Waals surface area contributed by atoms with Crippen LogP contribution < -0.4 is 15.8 Å². The number of fused-ring (bicyclic) bond motifs is 1. The summed E-state index contributed by atoms with van der Waals surface area (Å²) in [6.07, 6.45) is 3.78. The number of nitrogens with one attached hydrogen (secondary N) is 2. The summed E-state index contributed by atoms with van der Waals surface area (Å²) in [5.41, 5.74) is 8.30. The maximum absolute atomic E-state index is 14.7. The van der Waals surface area contributed by atoms with Crippen LogP contribution in [0, 0.1) is 12.7 Å². The fourth-order valence-corrected chi connectivity index (χ4v) is 3.08. The highest BCUT2D eigenvalue weighted by atomic mass is 19.1. The lowest BCUT2D eigenvalue weighted by Crippen LogP contribution is -2.01. The lowest BCUT2D eigenvalue weighted by Gasteiger charge is -2.11. The summed E-state index contributed by atoms with van der Waals surface area (Å²) in [7, 11) is 0. The largest absolute Gasteiger partial charge is 0.453 e. The molecule has 0 radical (unpaired) electrons. The predicted molar refractivity (Wildman–Crippen MR) is 108 cm³/mol. The third kappa shape index (κ3) is 3.94. The van der Waals surface area contributed by atoms with Crippen LogP contribution in [0.5, 0.6) is 11.5 Å². The number of aliphatic hydroxyl groups is 1. The van der Waals surface area contributed by atoms with Gasteiger partial charge < -0.3 is 25.9 Å². The van der Waals surface area contributed by atoms with E-state index in [2.05, 4.69) is 25.3 Å². The number of halogens is 1. The highest BCUT2D eigenvalue weighted by Gasteiger charge is 2.14. The molecular formula is C20H19FN6O2. The van der Waals surface area contributed by atoms with Crippen molar-refractivity contribution < 1.29 is 14.2 Å². The molecule has 4 rings (SSSR count). The first kappa shape index (κ1) is 18.6. The molecule has 0 atom stereocenters. The molecule has 0 fully saturated rings. The van der Waals surface area contributed by atoms with Crippen LogP contribution in [-0.2, 0) is 6.42 Å². The Kier molecular flexibility index (Phi) is 4.96. The SMILES string of the molecule is Cc1cc(Nc2ccc(Oc3ccnc4[nH]cc(CCO)c34)c(F)c2)nc(N)n1. The maximum atomic E-state index is 14.7. The summed E-state index contributed by atoms with van der Waals surface area (Å²) < 4.78 is 20.5. The summed E-state index contributed by atoms with van der Waals surface area (Å²) in [5, 5.41) is 13.0. The van der Waals surface area contributed by atoms with Gasteiger partial charge in [-0.15, -0.1) is 0 Å². The number of aromatic amines is 1. The van der Waals surface area contributed by atoms with Crippen LogP contribution in [0.3, 0.4) is 0 Å². The molecule has 0 unspecified atom stereocenters. The van der Waals surface area contributed by atoms with E-state index >= 15 is 0 Å². The molecule has 5 N–H and O–H groups in total. The minimum atomic E-state index is -0.544. The van der Waals surface area contributed by atoms with Crippen molar-refractivity contribution >= 4 is 28.5 Å². The fourth-order valence-electron chi connectivity index (χ4n) is 3.08. The number of aromatic nitrogens is 4. The second kappa shape index (κ2) is 7.72. The fraction of sp³-hybridized carbons (Fsp3) is 0.150. The topological polar surface area (TPSA) is 122 Å². The number of hydrogen-bond donors (Lipinski definition) is 4. The van der Waals surface area contributed by atoms with E-state index in [1.807, 2.05) is 0 Å². The monoisotopic (exact) mass is 394 g/mol. The first-order valence-corrected chi connectivity index (χ1v) is 8.95. The molecule has 9 heteroatoms. The van der Waals surface area contributed by atoms with Gasteiger partial charge in [-0.3, -0.25) is 0 Å². The minimum absolute atomic E-state index is 0.0109. The number of anilines is 3. The molecule has 0 saturated carbocycles. The van der Waals surface area contributed by atoms with E-state index in [-0.39, 0.29) is 18.3 Å². The van der Waals surface area contributed by atoms with Crippen LogP contribution in [0.2, 0.25) is 0 Å². The number of ether oxygens (including phenoxy) is 1. The number of nitrogen functional groups attached to an aromatic ring is 1. The van der Waals surface area contributed by atoms with E-state index in [0.717, 1.165) is 10.9 Å². The van der Waals surface area contributed by atoms with Gasteiger partial charge in [0.2, 0.25) is 5.95 Å². The highest BCUT2D eigenvalue weighted by molar-refractivity contribution is 5.86. The Balaban J connectivity index is 1.61. The van der Waals surface area contributed by atoms with Crippen LogP contribution in [-0.4, -0.2) is 31.6 Å². The molecule has 0 aliphatic carbocycles. The summed E-state index contributed by atoms with van der Waals surface area (Å²) in [6.45, 7) is 1.78. The van der Waals surface area contributed by atoms with Crippen molar-refractivity contribution in [2.45, 2.75) is 13.3 Å². The minimum Gasteiger partial charge on any atom is -0.453 e. The Bertz CT molecular complexity index is 1160. The second-order valence-electron chi connectivity index (χ2n) is 6.45. The van der Waals surface area contributed by atoms with Gasteiger partial charge in [-0.2, -0.15) is 4.98 Å². The molecule has 4 aromatic rings. The summed E-state index contributed by atoms with van der Waals surface area (Å²) in [6, 6.07) is 7.89. The molecule has 8 nitrogen and oxygen atoms in total. The summed E-state index contributed by atoms with van der Waals surface area (Å²) in [4.78, 5) is 15.4. The zero-order chi connectivity index (χ0) is 20.4. The number of pyridine rings is 1. The molecule has 0 amide bonds. The number of benzene rings is 1. The highest BCUT2D eigenvalue weighted by Crippen LogP contribution is 2.33. The number of aliphatic hydroxyl groups excluding tert-OH is 1. The van der Waals surface area contributed by atoms with Crippen molar-refractivity contribution in [2.75, 3.05) is 17.7 Å². The molecule has 0 aliphatic heterocycles. The molecule has 0 aliphatic rings. The normalized spacial score (nSPS) is 11.0. The zero-order valence-corrected chi connectivity index (χ0v) is 15.6. The van der Waals surface area contributed by atoms with Crippen molar-refractivity contribution in [2.24, 2.45) is 0 Å². The molecule has 148 valence electrons. The quantitative estimate of drug-likeness (QED) is 0.395. The molecule has 3 heterocycles. The van der Waals surface area contributed by atoms with E-state index < -0.39 is 5.82 Å². The second-order valence-corrected chi connectivity index (χ2v) is 6.45. The molecule has 0 saturated heterocycles. The molecule has 29 heavy (non-hydrogen) atoms. The number of hydrogen-bond acceptors (Lipinski definition) is 7. The molecule has 3 aromatic heterocycles. The lowest BCUT2D eigenvalue weighted by atomic mass is 10.1. The van der Waals surface area contributed by atoms with E-state index in [0.29, 0.717) is 35.0 Å². The van der Waals surface area contributed by atoms with Gasteiger partial charge in [0.15, 0.2) is 11.6 Å². The number of H-pyrrole nitrogens is 1. The van der Waals surface area contributed by atoms with Crippen LogP contribution in [0.25, 0.3) is 11.0 Å². The third-order valence-electron chi connectivity index (χ3n) is 4.29. The summed E-state index contributed by atoms with van der Waals surface area (Å²) >= 11 is 0. The van der Waals surface area contributed by atoms with Crippen molar-refractivity contribution in [1.82, 2.24) is 19.9 Å². The van der Waals surface area contributed by atoms with Crippen molar-refractivity contribution in [1.29, 1.82) is 0 Å². The maximum Gasteiger partial charge on any atom is 0.222 e. The van der Waals surface area contributed by atoms with Crippen LogP contribution >= 0.6 is 0 Å². The molecular weight excluding hydrogens is 375 g/mol. The number of nitrogens with two attached hydrogens (primary N) is 1. The van der Waals surface area contributed by atoms with Gasteiger partial charge in [-0.25, -0.2) is 14.4 Å². The Morgan fingerprint density at radius 2 is 2.07 bits per heavy atom. The third-order valence-corrected chi connectivity index (χ3v) is 4.29. The first-order valence-electron chi connectivity index (χ1n) is 8.95. The van der Waals surface area contributed by atoms with Gasteiger partial charge in [0.25, 0.3) is 0 Å². The smallest absolute Gasteiger partial charge is 0.222 e. The van der Waals surface area contributed by atoms with Crippen LogP contribution in [0.15, 0.2) is 42.7 Å². The lowest BCUT2D eigenvalue weighted by molar-refractivity contribution is 0.300. The van der Waals surface area contributed by atoms with E-state index in [9.17, 15) is 9.50 Å². The zero-order valence-electron chi connectivity index (χ0n) is 15.6. The Morgan fingerprint density at radius 1 is 1.21 bits per heavy atom. The van der Waals surface area contributed by atoms with Gasteiger partial charge in [0.1, 0.15) is 17.2 Å². The number of nitrogens with zero attached hydrogens (tertiary/aromatic N) is 3. The van der Waals surface area contributed by atoms with Gasteiger partial charge in [0, 0.05) is 42.5 Å². The number of aryl methyl sites for hydroxylation is 1. The van der Waals surface area contributed by atoms with E-state index in [4.69, 9.17) is 10.5 Å². The Morgan fingerprint density at radius 3 is 2.83 bits per heavy atom. The summed E-state index contributed by atoms with van der Waals surface area (Å²) in [5.74, 6) is 0.591. The first-order chi connectivity index (χ1) is 14.0. The van der Waals surface area contributed by atoms with Gasteiger partial charge in [-0.05, 0) is 37.1 Å².